The van der Waals surface area contributed by atoms with Crippen molar-refractivity contribution < 1.29 is 9.13 Å². The third-order valence-corrected chi connectivity index (χ3v) is 3.70. The van der Waals surface area contributed by atoms with Crippen molar-refractivity contribution >= 4 is 5.78 Å². The van der Waals surface area contributed by atoms with Crippen molar-refractivity contribution in [3.63, 3.8) is 0 Å². The van der Waals surface area contributed by atoms with Crippen LogP contribution in [0.2, 0.25) is 0 Å². The molecule has 0 bridgehead atoms. The Hall–Kier alpha value is -3.21. The summed E-state index contributed by atoms with van der Waals surface area (Å²) in [6.07, 6.45) is 5.58. The van der Waals surface area contributed by atoms with Crippen LogP contribution in [0.4, 0.5) is 4.39 Å². The average Bonchev–Trinajstić information content (AvgIpc) is 3.06. The van der Waals surface area contributed by atoms with E-state index in [1.54, 1.807) is 18.3 Å². The summed E-state index contributed by atoms with van der Waals surface area (Å²) in [6.45, 7) is 0.401. The molecule has 118 valence electrons. The average molecular weight is 319 g/mol. The molecule has 0 unspecified atom stereocenters. The molecular formula is C19H14FN3O. The second kappa shape index (κ2) is 6.12. The van der Waals surface area contributed by atoms with Crippen molar-refractivity contribution in [3.05, 3.63) is 84.6 Å². The molecule has 0 spiro atoms. The van der Waals surface area contributed by atoms with Gasteiger partial charge in [-0.05, 0) is 48.0 Å². The van der Waals surface area contributed by atoms with Crippen LogP contribution in [0.3, 0.4) is 0 Å². The van der Waals surface area contributed by atoms with E-state index >= 15 is 0 Å². The molecule has 4 nitrogen and oxygen atoms in total. The molecule has 0 aliphatic rings. The van der Waals surface area contributed by atoms with Gasteiger partial charge in [-0.15, -0.1) is 0 Å². The van der Waals surface area contributed by atoms with Crippen LogP contribution in [-0.2, 0) is 6.61 Å². The molecule has 0 amide bonds. The fraction of sp³-hybridized carbons (Fsp3) is 0.0526. The van der Waals surface area contributed by atoms with E-state index in [1.807, 2.05) is 47.1 Å². The van der Waals surface area contributed by atoms with Gasteiger partial charge >= 0.3 is 0 Å². The molecule has 0 saturated heterocycles. The highest BCUT2D eigenvalue weighted by Crippen LogP contribution is 2.22. The Morgan fingerprint density at radius 2 is 1.79 bits per heavy atom. The van der Waals surface area contributed by atoms with Crippen molar-refractivity contribution in [1.29, 1.82) is 0 Å². The van der Waals surface area contributed by atoms with Gasteiger partial charge in [-0.1, -0.05) is 12.1 Å². The Morgan fingerprint density at radius 1 is 1.00 bits per heavy atom. The number of hydrogen-bond acceptors (Lipinski definition) is 3. The number of halogens is 1. The Balaban J connectivity index is 1.48. The second-order valence-corrected chi connectivity index (χ2v) is 5.39. The summed E-state index contributed by atoms with van der Waals surface area (Å²) in [4.78, 5) is 8.70. The maximum atomic E-state index is 12.9. The van der Waals surface area contributed by atoms with E-state index in [-0.39, 0.29) is 5.82 Å². The number of benzene rings is 2. The quantitative estimate of drug-likeness (QED) is 0.568. The number of nitrogens with zero attached hydrogens (tertiary/aromatic N) is 3. The van der Waals surface area contributed by atoms with Gasteiger partial charge in [0.25, 0.3) is 0 Å². The largest absolute Gasteiger partial charge is 0.489 e. The molecule has 4 rings (SSSR count). The number of rotatable bonds is 4. The minimum absolute atomic E-state index is 0.245. The zero-order valence-corrected chi connectivity index (χ0v) is 12.8. The summed E-state index contributed by atoms with van der Waals surface area (Å²) in [7, 11) is 0. The van der Waals surface area contributed by atoms with Gasteiger partial charge in [0, 0.05) is 24.2 Å². The Kier molecular flexibility index (Phi) is 3.67. The molecule has 2 aromatic carbocycles. The molecule has 0 saturated carbocycles. The van der Waals surface area contributed by atoms with Crippen molar-refractivity contribution in [2.75, 3.05) is 0 Å². The summed E-state index contributed by atoms with van der Waals surface area (Å²) in [5, 5.41) is 0. The van der Waals surface area contributed by atoms with Gasteiger partial charge in [0.15, 0.2) is 0 Å². The van der Waals surface area contributed by atoms with Crippen LogP contribution in [-0.4, -0.2) is 14.4 Å². The maximum Gasteiger partial charge on any atom is 0.234 e. The fourth-order valence-corrected chi connectivity index (χ4v) is 2.44. The number of aromatic nitrogens is 3. The van der Waals surface area contributed by atoms with Crippen molar-refractivity contribution in [1.82, 2.24) is 14.4 Å². The smallest absolute Gasteiger partial charge is 0.234 e. The lowest BCUT2D eigenvalue weighted by molar-refractivity contribution is 0.306. The van der Waals surface area contributed by atoms with Crippen molar-refractivity contribution in [2.45, 2.75) is 6.61 Å². The molecule has 0 atom stereocenters. The Bertz CT molecular complexity index is 929. The maximum absolute atomic E-state index is 12.9. The van der Waals surface area contributed by atoms with Crippen molar-refractivity contribution in [3.8, 4) is 17.0 Å². The first kappa shape index (κ1) is 14.4. The molecule has 0 fully saturated rings. The minimum Gasteiger partial charge on any atom is -0.489 e. The third-order valence-electron chi connectivity index (χ3n) is 3.70. The summed E-state index contributed by atoms with van der Waals surface area (Å²) >= 11 is 0. The lowest BCUT2D eigenvalue weighted by Gasteiger charge is -2.06. The second-order valence-electron chi connectivity index (χ2n) is 5.39. The molecular weight excluding hydrogens is 305 g/mol. The highest BCUT2D eigenvalue weighted by molar-refractivity contribution is 5.62. The molecule has 4 aromatic rings. The van der Waals surface area contributed by atoms with Crippen molar-refractivity contribution in [2.24, 2.45) is 0 Å². The zero-order chi connectivity index (χ0) is 16.4. The topological polar surface area (TPSA) is 39.4 Å². The van der Waals surface area contributed by atoms with Gasteiger partial charge in [0.2, 0.25) is 5.78 Å². The number of hydrogen-bond donors (Lipinski definition) is 0. The first-order valence-electron chi connectivity index (χ1n) is 7.55. The van der Waals surface area contributed by atoms with Crippen LogP contribution < -0.4 is 4.74 Å². The Morgan fingerprint density at radius 3 is 2.54 bits per heavy atom. The first-order valence-corrected chi connectivity index (χ1v) is 7.55. The summed E-state index contributed by atoms with van der Waals surface area (Å²) in [5.74, 6) is 1.18. The van der Waals surface area contributed by atoms with Crippen LogP contribution in [0.25, 0.3) is 17.0 Å². The summed E-state index contributed by atoms with van der Waals surface area (Å²) in [5.41, 5.74) is 2.78. The lowest BCUT2D eigenvalue weighted by Crippen LogP contribution is -1.95. The van der Waals surface area contributed by atoms with Crippen LogP contribution in [0.1, 0.15) is 5.56 Å². The molecule has 2 heterocycles. The molecule has 0 aliphatic carbocycles. The minimum atomic E-state index is -0.245. The van der Waals surface area contributed by atoms with Gasteiger partial charge < -0.3 is 4.74 Å². The predicted molar refractivity (Wildman–Crippen MR) is 89.2 cm³/mol. The number of ether oxygens (including phenoxy) is 1. The highest BCUT2D eigenvalue weighted by atomic mass is 19.1. The molecule has 0 radical (unpaired) electrons. The van der Waals surface area contributed by atoms with E-state index in [9.17, 15) is 4.39 Å². The number of fused-ring (bicyclic) bond motifs is 1. The van der Waals surface area contributed by atoms with Gasteiger partial charge in [-0.3, -0.25) is 4.40 Å². The third kappa shape index (κ3) is 2.96. The Labute approximate surface area is 138 Å². The highest BCUT2D eigenvalue weighted by Gasteiger charge is 2.05. The molecule has 0 aliphatic heterocycles. The number of imidazole rings is 1. The van der Waals surface area contributed by atoms with Crippen LogP contribution in [0.5, 0.6) is 5.75 Å². The van der Waals surface area contributed by atoms with E-state index in [0.717, 1.165) is 22.6 Å². The van der Waals surface area contributed by atoms with Gasteiger partial charge in [0.1, 0.15) is 18.2 Å². The SMILES string of the molecule is Fc1ccc(COc2ccc(-c3cn4cccnc4n3)cc2)cc1. The monoisotopic (exact) mass is 319 g/mol. The van der Waals surface area contributed by atoms with E-state index in [4.69, 9.17) is 4.74 Å². The first-order chi connectivity index (χ1) is 11.8. The normalized spacial score (nSPS) is 10.9. The lowest BCUT2D eigenvalue weighted by atomic mass is 10.1. The molecule has 24 heavy (non-hydrogen) atoms. The van der Waals surface area contributed by atoms with Gasteiger partial charge in [0.05, 0.1) is 5.69 Å². The standard InChI is InChI=1S/C19H14FN3O/c20-16-6-2-14(3-7-16)13-24-17-8-4-15(5-9-17)18-12-23-11-1-10-21-19(23)22-18/h1-12H,13H2. The zero-order valence-electron chi connectivity index (χ0n) is 12.8. The van der Waals surface area contributed by atoms with Gasteiger partial charge in [-0.25, -0.2) is 14.4 Å². The predicted octanol–water partition coefficient (Wildman–Crippen LogP) is 4.11. The van der Waals surface area contributed by atoms with E-state index < -0.39 is 0 Å². The van der Waals surface area contributed by atoms with E-state index in [1.165, 1.54) is 12.1 Å². The fourth-order valence-electron chi connectivity index (χ4n) is 2.44. The van der Waals surface area contributed by atoms with E-state index in [2.05, 4.69) is 9.97 Å². The summed E-state index contributed by atoms with van der Waals surface area (Å²) < 4.78 is 20.5. The van der Waals surface area contributed by atoms with E-state index in [0.29, 0.717) is 12.4 Å². The van der Waals surface area contributed by atoms with Crippen LogP contribution in [0.15, 0.2) is 73.2 Å². The summed E-state index contributed by atoms with van der Waals surface area (Å²) in [6, 6.07) is 15.9. The van der Waals surface area contributed by atoms with Crippen LogP contribution >= 0.6 is 0 Å². The van der Waals surface area contributed by atoms with Gasteiger partial charge in [-0.2, -0.15) is 0 Å². The molecule has 0 N–H and O–H groups in total. The molecule has 2 aromatic heterocycles. The molecule has 5 heteroatoms. The van der Waals surface area contributed by atoms with Crippen LogP contribution in [0, 0.1) is 5.82 Å².